The molecule has 1 fully saturated rings. The van der Waals surface area contributed by atoms with Gasteiger partial charge in [0.2, 0.25) is 5.88 Å². The summed E-state index contributed by atoms with van der Waals surface area (Å²) in [5, 5.41) is 0.711. The first-order chi connectivity index (χ1) is 15.4. The lowest BCUT2D eigenvalue weighted by Gasteiger charge is -2.28. The molecule has 0 bridgehead atoms. The Morgan fingerprint density at radius 1 is 1.12 bits per heavy atom. The highest BCUT2D eigenvalue weighted by Gasteiger charge is 2.40. The number of hydrogen-bond donors (Lipinski definition) is 0. The highest BCUT2D eigenvalue weighted by molar-refractivity contribution is 5.84. The van der Waals surface area contributed by atoms with Crippen LogP contribution in [0.5, 0.6) is 11.6 Å². The number of esters is 1. The molecule has 0 unspecified atom stereocenters. The Balaban J connectivity index is 1.80. The number of amides is 1. The van der Waals surface area contributed by atoms with Gasteiger partial charge in [-0.25, -0.2) is 14.8 Å². The third kappa shape index (κ3) is 6.24. The lowest BCUT2D eigenvalue weighted by molar-refractivity contribution is -0.154. The molecule has 1 aliphatic heterocycles. The highest BCUT2D eigenvalue weighted by Crippen LogP contribution is 2.30. The van der Waals surface area contributed by atoms with E-state index < -0.39 is 17.1 Å². The number of benzene rings is 1. The standard InChI is InChI=1S/C24H33N3O6/c1-23(2,3)21(28)31-13-15-10-17(12-27(15)22(29)33-24(4,5)6)32-20-18-11-16(30-7)8-9-19(18)25-14-26-20/h8-9,11,14-15,17H,10,12-13H2,1-7H3/t15-,17-/m0/s1. The van der Waals surface area contributed by atoms with E-state index in [0.29, 0.717) is 23.4 Å². The van der Waals surface area contributed by atoms with Crippen LogP contribution in [-0.2, 0) is 14.3 Å². The maximum atomic E-state index is 12.9. The molecule has 0 aliphatic carbocycles. The van der Waals surface area contributed by atoms with E-state index in [4.69, 9.17) is 18.9 Å². The van der Waals surface area contributed by atoms with Crippen molar-refractivity contribution in [2.24, 2.45) is 5.41 Å². The lowest BCUT2D eigenvalue weighted by atomic mass is 9.97. The summed E-state index contributed by atoms with van der Waals surface area (Å²) in [5.41, 5.74) is -0.565. The van der Waals surface area contributed by atoms with E-state index in [2.05, 4.69) is 9.97 Å². The quantitative estimate of drug-likeness (QED) is 0.619. The summed E-state index contributed by atoms with van der Waals surface area (Å²) in [6.45, 7) is 11.1. The molecular formula is C24H33N3O6. The molecule has 0 radical (unpaired) electrons. The van der Waals surface area contributed by atoms with Crippen molar-refractivity contribution >= 4 is 23.0 Å². The summed E-state index contributed by atoms with van der Waals surface area (Å²) < 4.78 is 22.6. The van der Waals surface area contributed by atoms with Gasteiger partial charge in [-0.05, 0) is 59.7 Å². The molecule has 1 saturated heterocycles. The zero-order valence-corrected chi connectivity index (χ0v) is 20.4. The maximum Gasteiger partial charge on any atom is 0.410 e. The number of rotatable bonds is 5. The SMILES string of the molecule is COc1ccc2ncnc(O[C@H]3C[C@@H](COC(=O)C(C)(C)C)N(C(=O)OC(C)(C)C)C3)c2c1. The highest BCUT2D eigenvalue weighted by atomic mass is 16.6. The van der Waals surface area contributed by atoms with Crippen molar-refractivity contribution in [2.75, 3.05) is 20.3 Å². The largest absolute Gasteiger partial charge is 0.497 e. The monoisotopic (exact) mass is 459 g/mol. The first-order valence-corrected chi connectivity index (χ1v) is 11.0. The fourth-order valence-electron chi connectivity index (χ4n) is 3.44. The smallest absolute Gasteiger partial charge is 0.410 e. The molecule has 180 valence electrons. The minimum absolute atomic E-state index is 0.0630. The van der Waals surface area contributed by atoms with E-state index in [1.54, 1.807) is 32.8 Å². The Morgan fingerprint density at radius 3 is 2.48 bits per heavy atom. The fraction of sp³-hybridized carbons (Fsp3) is 0.583. The van der Waals surface area contributed by atoms with Crippen LogP contribution in [0.15, 0.2) is 24.5 Å². The Kier molecular flexibility index (Phi) is 7.00. The van der Waals surface area contributed by atoms with Crippen molar-refractivity contribution < 1.29 is 28.5 Å². The van der Waals surface area contributed by atoms with Crippen molar-refractivity contribution in [3.8, 4) is 11.6 Å². The molecule has 0 N–H and O–H groups in total. The summed E-state index contributed by atoms with van der Waals surface area (Å²) in [6.07, 6.45) is 1.07. The average molecular weight is 460 g/mol. The van der Waals surface area contributed by atoms with Gasteiger partial charge in [0.15, 0.2) is 0 Å². The molecule has 0 spiro atoms. The van der Waals surface area contributed by atoms with Gasteiger partial charge in [0.1, 0.15) is 30.4 Å². The lowest BCUT2D eigenvalue weighted by Crippen LogP contribution is -2.42. The molecule has 9 heteroatoms. The van der Waals surface area contributed by atoms with Gasteiger partial charge >= 0.3 is 12.1 Å². The fourth-order valence-corrected chi connectivity index (χ4v) is 3.44. The van der Waals surface area contributed by atoms with Crippen molar-refractivity contribution in [3.63, 3.8) is 0 Å². The second-order valence-electron chi connectivity index (χ2n) is 10.2. The van der Waals surface area contributed by atoms with Gasteiger partial charge in [-0.15, -0.1) is 0 Å². The average Bonchev–Trinajstić information content (AvgIpc) is 3.13. The van der Waals surface area contributed by atoms with Gasteiger partial charge in [0.25, 0.3) is 0 Å². The molecular weight excluding hydrogens is 426 g/mol. The van der Waals surface area contributed by atoms with E-state index in [1.807, 2.05) is 39.0 Å². The molecule has 1 aromatic carbocycles. The van der Waals surface area contributed by atoms with Gasteiger partial charge in [-0.2, -0.15) is 0 Å². The van der Waals surface area contributed by atoms with Crippen LogP contribution in [-0.4, -0.2) is 64.9 Å². The summed E-state index contributed by atoms with van der Waals surface area (Å²) in [7, 11) is 1.59. The molecule has 2 heterocycles. The minimum atomic E-state index is -0.651. The summed E-state index contributed by atoms with van der Waals surface area (Å²) in [6, 6.07) is 5.09. The normalized spacial score (nSPS) is 18.8. The summed E-state index contributed by atoms with van der Waals surface area (Å²) >= 11 is 0. The zero-order valence-electron chi connectivity index (χ0n) is 20.4. The summed E-state index contributed by atoms with van der Waals surface area (Å²) in [5.74, 6) is 0.737. The van der Waals surface area contributed by atoms with Gasteiger partial charge in [-0.3, -0.25) is 9.69 Å². The van der Waals surface area contributed by atoms with E-state index >= 15 is 0 Å². The number of carbonyl (C=O) groups is 2. The molecule has 2 aromatic rings. The number of ether oxygens (including phenoxy) is 4. The number of carbonyl (C=O) groups excluding carboxylic acids is 2. The molecule has 1 aromatic heterocycles. The predicted molar refractivity (Wildman–Crippen MR) is 122 cm³/mol. The number of methoxy groups -OCH3 is 1. The van der Waals surface area contributed by atoms with E-state index in [9.17, 15) is 9.59 Å². The van der Waals surface area contributed by atoms with Crippen molar-refractivity contribution in [2.45, 2.75) is 65.7 Å². The van der Waals surface area contributed by atoms with E-state index in [0.717, 1.165) is 5.52 Å². The number of fused-ring (bicyclic) bond motifs is 1. The minimum Gasteiger partial charge on any atom is -0.497 e. The first-order valence-electron chi connectivity index (χ1n) is 11.0. The maximum absolute atomic E-state index is 12.9. The van der Waals surface area contributed by atoms with Crippen LogP contribution in [0.4, 0.5) is 4.79 Å². The van der Waals surface area contributed by atoms with E-state index in [1.165, 1.54) is 6.33 Å². The Hall–Kier alpha value is -3.10. The second-order valence-corrected chi connectivity index (χ2v) is 10.2. The van der Waals surface area contributed by atoms with Crippen LogP contribution in [0.1, 0.15) is 48.0 Å². The van der Waals surface area contributed by atoms with Crippen molar-refractivity contribution in [3.05, 3.63) is 24.5 Å². The van der Waals surface area contributed by atoms with Crippen LogP contribution in [0, 0.1) is 5.41 Å². The predicted octanol–water partition coefficient (Wildman–Crippen LogP) is 3.98. The molecule has 3 rings (SSSR count). The molecule has 0 saturated carbocycles. The van der Waals surface area contributed by atoms with Crippen molar-refractivity contribution in [1.82, 2.24) is 14.9 Å². The van der Waals surface area contributed by atoms with Crippen LogP contribution in [0.3, 0.4) is 0 Å². The van der Waals surface area contributed by atoms with Gasteiger partial charge in [-0.1, -0.05) is 0 Å². The molecule has 9 nitrogen and oxygen atoms in total. The Bertz CT molecular complexity index is 1010. The third-order valence-electron chi connectivity index (χ3n) is 5.11. The third-order valence-corrected chi connectivity index (χ3v) is 5.11. The first kappa shape index (κ1) is 24.5. The second kappa shape index (κ2) is 9.41. The van der Waals surface area contributed by atoms with Gasteiger partial charge in [0.05, 0.1) is 36.0 Å². The van der Waals surface area contributed by atoms with Gasteiger partial charge in [0, 0.05) is 6.42 Å². The number of likely N-dealkylation sites (tertiary alicyclic amines) is 1. The number of hydrogen-bond acceptors (Lipinski definition) is 8. The van der Waals surface area contributed by atoms with E-state index in [-0.39, 0.29) is 31.3 Å². The Morgan fingerprint density at radius 2 is 1.85 bits per heavy atom. The van der Waals surface area contributed by atoms with Crippen molar-refractivity contribution in [1.29, 1.82) is 0 Å². The molecule has 2 atom stereocenters. The van der Waals surface area contributed by atoms with Gasteiger partial charge < -0.3 is 18.9 Å². The number of nitrogens with zero attached hydrogens (tertiary/aromatic N) is 3. The zero-order chi connectivity index (χ0) is 24.4. The molecule has 1 aliphatic rings. The number of aromatic nitrogens is 2. The van der Waals surface area contributed by atoms with Crippen LogP contribution < -0.4 is 9.47 Å². The van der Waals surface area contributed by atoms with Crippen LogP contribution >= 0.6 is 0 Å². The topological polar surface area (TPSA) is 100 Å². The molecule has 1 amide bonds. The Labute approximate surface area is 194 Å². The van der Waals surface area contributed by atoms with Crippen LogP contribution in [0.25, 0.3) is 10.9 Å². The van der Waals surface area contributed by atoms with Crippen LogP contribution in [0.2, 0.25) is 0 Å². The summed E-state index contributed by atoms with van der Waals surface area (Å²) in [4.78, 5) is 35.3. The molecule has 33 heavy (non-hydrogen) atoms.